The van der Waals surface area contributed by atoms with Crippen LogP contribution in [-0.4, -0.2) is 192 Å². The SMILES string of the molecule is C=C(CC[C@H](NC(=O)CCCCCCCCCCCCCCCS(=O)(=O)O)C(=O)O)NCCOCCOCC(=O)NCCOCCOCC(=O)CCCOCCOCC(=O)NCCCC[C@H](CC(=O)CC(C)C)C(=O)C(C)[C@@H](CCCCC(=N)N)C(=O)C[C@@H](Cc1ccc(O)cc1)C(N)=O. The summed E-state index contributed by atoms with van der Waals surface area (Å²) in [6.07, 6.45) is 17.8. The molecule has 0 heterocycles. The van der Waals surface area contributed by atoms with Gasteiger partial charge >= 0.3 is 5.97 Å². The highest BCUT2D eigenvalue weighted by atomic mass is 32.2. The molecule has 5 atom stereocenters. The van der Waals surface area contributed by atoms with Gasteiger partial charge in [0.1, 0.15) is 49.0 Å². The van der Waals surface area contributed by atoms with E-state index in [0.29, 0.717) is 115 Å². The van der Waals surface area contributed by atoms with Crippen molar-refractivity contribution in [2.24, 2.45) is 41.1 Å². The second-order valence-corrected chi connectivity index (χ2v) is 27.8. The molecule has 0 radical (unpaired) electrons. The Morgan fingerprint density at radius 2 is 1.03 bits per heavy atom. The van der Waals surface area contributed by atoms with Crippen LogP contribution in [0.3, 0.4) is 0 Å². The first-order chi connectivity index (χ1) is 47.8. The summed E-state index contributed by atoms with van der Waals surface area (Å²) in [7, 11) is -3.86. The van der Waals surface area contributed by atoms with E-state index in [0.717, 1.165) is 70.6 Å². The number of ether oxygens (including phenoxy) is 6. The monoisotopic (exact) mass is 1440 g/mol. The first kappa shape index (κ1) is 91.7. The maximum absolute atomic E-state index is 14.3. The number of carboxylic acids is 1. The predicted octanol–water partition coefficient (Wildman–Crippen LogP) is 7.59. The normalized spacial score (nSPS) is 13.0. The van der Waals surface area contributed by atoms with E-state index >= 15 is 0 Å². The number of nitrogens with one attached hydrogen (secondary N) is 5. The number of unbranched alkanes of at least 4 members (excludes halogenated alkanes) is 14. The fourth-order valence-electron chi connectivity index (χ4n) is 11.2. The summed E-state index contributed by atoms with van der Waals surface area (Å²) in [4.78, 5) is 115. The lowest BCUT2D eigenvalue weighted by Gasteiger charge is -2.27. The van der Waals surface area contributed by atoms with Gasteiger partial charge in [-0.05, 0) is 87.8 Å². The highest BCUT2D eigenvalue weighted by molar-refractivity contribution is 7.85. The van der Waals surface area contributed by atoms with Gasteiger partial charge in [0.05, 0.1) is 64.4 Å². The molecule has 572 valence electrons. The number of nitrogens with two attached hydrogens (primary N) is 2. The second kappa shape index (κ2) is 58.3. The van der Waals surface area contributed by atoms with E-state index in [-0.39, 0.29) is 175 Å². The van der Waals surface area contributed by atoms with Crippen LogP contribution in [0.4, 0.5) is 0 Å². The molecule has 0 aliphatic rings. The van der Waals surface area contributed by atoms with Gasteiger partial charge in [-0.2, -0.15) is 8.42 Å². The number of aromatic hydroxyl groups is 1. The van der Waals surface area contributed by atoms with Gasteiger partial charge in [-0.15, -0.1) is 0 Å². The lowest BCUT2D eigenvalue weighted by molar-refractivity contribution is -0.142. The molecular weight excluding hydrogens is 1310 g/mol. The molecule has 100 heavy (non-hydrogen) atoms. The zero-order valence-corrected chi connectivity index (χ0v) is 61.0. The standard InChI is InChI=1S/C72H123N7O20S/c1-54(2)47-62(82)49-58(70(87)56(4)63(25-17-18-26-66(73)74)65(83)50-59(71(75)88)48-57-29-31-60(80)32-30-57)23-19-20-34-77-68(85)52-98-44-40-94-37-22-24-61(81)51-97-43-41-96-39-36-78-69(86)53-99-45-42-95-38-35-76-55(3)28-33-64(72(89)90)79-67(84)27-16-14-12-10-8-6-5-7-9-11-13-15-21-46-100(91,92)93/h29-32,54,56,58-59,63-64,76,80H,3,5-28,33-53H2,1-2,4H3,(H3,73,74)(H2,75,88)(H,77,85)(H,78,86)(H,79,84)(H,89,90)(H,91,92,93)/t56?,58-,59-,63-,64+/m1/s1. The number of aliphatic carboxylic acids is 1. The molecule has 4 amide bonds. The second-order valence-electron chi connectivity index (χ2n) is 26.2. The summed E-state index contributed by atoms with van der Waals surface area (Å²) < 4.78 is 63.0. The quantitative estimate of drug-likeness (QED) is 0.0130. The molecule has 0 saturated carbocycles. The van der Waals surface area contributed by atoms with Crippen molar-refractivity contribution in [3.63, 3.8) is 0 Å². The molecule has 1 aromatic carbocycles. The number of carbonyl (C=O) groups is 9. The Labute approximate surface area is 594 Å². The molecule has 0 aliphatic carbocycles. The smallest absolute Gasteiger partial charge is 0.326 e. The first-order valence-electron chi connectivity index (χ1n) is 36.2. The van der Waals surface area contributed by atoms with E-state index in [1.165, 1.54) is 12.1 Å². The minimum absolute atomic E-state index is 0.0159. The van der Waals surface area contributed by atoms with E-state index < -0.39 is 51.7 Å². The summed E-state index contributed by atoms with van der Waals surface area (Å²) in [6, 6.07) is 5.26. The van der Waals surface area contributed by atoms with E-state index in [2.05, 4.69) is 27.8 Å². The van der Waals surface area contributed by atoms with E-state index in [9.17, 15) is 61.8 Å². The topological polar surface area (TPSA) is 428 Å². The molecule has 0 bridgehead atoms. The number of benzene rings is 1. The Bertz CT molecular complexity index is 2630. The van der Waals surface area contributed by atoms with E-state index in [4.69, 9.17) is 49.9 Å². The third kappa shape index (κ3) is 52.7. The van der Waals surface area contributed by atoms with Crippen LogP contribution < -0.4 is 32.7 Å². The zero-order valence-electron chi connectivity index (χ0n) is 60.1. The number of ketones is 4. The van der Waals surface area contributed by atoms with Crippen LogP contribution in [0, 0.1) is 35.0 Å². The molecule has 0 fully saturated rings. The summed E-state index contributed by atoms with van der Waals surface area (Å²) in [5.74, 6) is -6.38. The molecule has 0 spiro atoms. The molecular formula is C72H123N7O20S. The molecule has 0 saturated heterocycles. The number of Topliss-reactive ketones (excluding diaryl/α,β-unsaturated/α-hetero) is 4. The number of hydrogen-bond donors (Lipinski definition) is 10. The highest BCUT2D eigenvalue weighted by Crippen LogP contribution is 2.31. The lowest BCUT2D eigenvalue weighted by atomic mass is 9.75. The number of phenols is 1. The summed E-state index contributed by atoms with van der Waals surface area (Å²) in [5, 5.41) is 38.2. The lowest BCUT2D eigenvalue weighted by Crippen LogP contribution is -2.41. The Hall–Kier alpha value is -6.27. The Morgan fingerprint density at radius 1 is 0.520 bits per heavy atom. The maximum Gasteiger partial charge on any atom is 0.326 e. The van der Waals surface area contributed by atoms with Gasteiger partial charge in [-0.3, -0.25) is 48.3 Å². The number of phenolic OH excluding ortho intramolecular Hbond substituents is 1. The third-order valence-corrected chi connectivity index (χ3v) is 17.5. The maximum atomic E-state index is 14.3. The molecule has 28 heteroatoms. The number of primary amides is 1. The Morgan fingerprint density at radius 3 is 1.58 bits per heavy atom. The molecule has 1 rings (SSSR count). The molecule has 27 nitrogen and oxygen atoms in total. The predicted molar refractivity (Wildman–Crippen MR) is 381 cm³/mol. The number of amidine groups is 1. The van der Waals surface area contributed by atoms with Crippen molar-refractivity contribution in [1.29, 1.82) is 5.41 Å². The number of amides is 4. The fraction of sp³-hybridized carbons (Fsp3) is 0.750. The van der Waals surface area contributed by atoms with Gasteiger partial charge < -0.3 is 71.4 Å². The van der Waals surface area contributed by atoms with E-state index in [1.807, 2.05) is 13.8 Å². The number of hydrogen-bond acceptors (Lipinski definition) is 20. The molecule has 1 unspecified atom stereocenters. The van der Waals surface area contributed by atoms with Crippen LogP contribution >= 0.6 is 0 Å². The summed E-state index contributed by atoms with van der Waals surface area (Å²) in [5.41, 5.74) is 12.7. The van der Waals surface area contributed by atoms with Gasteiger partial charge in [-0.1, -0.05) is 123 Å². The van der Waals surface area contributed by atoms with Crippen molar-refractivity contribution in [1.82, 2.24) is 21.3 Å². The van der Waals surface area contributed by atoms with Crippen molar-refractivity contribution < 1.29 is 94.8 Å². The highest BCUT2D eigenvalue weighted by Gasteiger charge is 2.36. The van der Waals surface area contributed by atoms with Crippen LogP contribution in [0.1, 0.15) is 206 Å². The number of carboxylic acid groups (broad SMARTS) is 1. The largest absolute Gasteiger partial charge is 0.508 e. The van der Waals surface area contributed by atoms with Gasteiger partial charge in [0.25, 0.3) is 10.1 Å². The van der Waals surface area contributed by atoms with Gasteiger partial charge in [0, 0.05) is 94.1 Å². The first-order valence-corrected chi connectivity index (χ1v) is 37.8. The summed E-state index contributed by atoms with van der Waals surface area (Å²) >= 11 is 0. The minimum Gasteiger partial charge on any atom is -0.508 e. The van der Waals surface area contributed by atoms with Crippen LogP contribution in [0.15, 0.2) is 36.5 Å². The average molecular weight is 1440 g/mol. The molecule has 0 aliphatic heterocycles. The van der Waals surface area contributed by atoms with Crippen molar-refractivity contribution >= 4 is 68.7 Å². The van der Waals surface area contributed by atoms with Crippen molar-refractivity contribution in [3.8, 4) is 5.75 Å². The Kier molecular flexibility index (Phi) is 53.4. The molecule has 1 aromatic rings. The molecule has 12 N–H and O–H groups in total. The zero-order chi connectivity index (χ0) is 74.2. The van der Waals surface area contributed by atoms with Crippen LogP contribution in [0.25, 0.3) is 0 Å². The van der Waals surface area contributed by atoms with Crippen molar-refractivity contribution in [2.75, 3.05) is 105 Å². The average Bonchev–Trinajstić information content (AvgIpc) is 0.846. The van der Waals surface area contributed by atoms with Gasteiger partial charge in [0.2, 0.25) is 23.6 Å². The van der Waals surface area contributed by atoms with E-state index in [1.54, 1.807) is 19.1 Å². The fourth-order valence-corrected chi connectivity index (χ4v) is 11.7. The third-order valence-electron chi connectivity index (χ3n) is 16.7. The minimum atomic E-state index is -3.86. The van der Waals surface area contributed by atoms with Gasteiger partial charge in [-0.25, -0.2) is 4.79 Å². The Balaban J connectivity index is 2.15. The van der Waals surface area contributed by atoms with Crippen molar-refractivity contribution in [2.45, 2.75) is 213 Å². The number of carbonyl (C=O) groups excluding carboxylic acids is 8. The van der Waals surface area contributed by atoms with Gasteiger partial charge in [0.15, 0.2) is 5.78 Å². The van der Waals surface area contributed by atoms with Crippen molar-refractivity contribution in [3.05, 3.63) is 42.1 Å². The van der Waals surface area contributed by atoms with Crippen LogP contribution in [-0.2, 0) is 88.1 Å². The van der Waals surface area contributed by atoms with Crippen LogP contribution in [0.2, 0.25) is 0 Å². The van der Waals surface area contributed by atoms with Crippen LogP contribution in [0.5, 0.6) is 5.75 Å². The number of rotatable bonds is 70. The number of allylic oxidation sites excluding steroid dienone is 1. The molecule has 0 aromatic heterocycles. The summed E-state index contributed by atoms with van der Waals surface area (Å²) in [6.45, 7) is 12.1.